The maximum atomic E-state index is 11.4. The summed E-state index contributed by atoms with van der Waals surface area (Å²) >= 11 is 3.19. The van der Waals surface area contributed by atoms with Gasteiger partial charge in [-0.25, -0.2) is 0 Å². The molecule has 4 nitrogen and oxygen atoms in total. The molecule has 1 aromatic carbocycles. The highest BCUT2D eigenvalue weighted by molar-refractivity contribution is 9.10. The Balaban J connectivity index is 2.71. The number of carbonyl (C=O) groups excluding carboxylic acids is 1. The Kier molecular flexibility index (Phi) is 2.11. The molecule has 1 aromatic rings. The summed E-state index contributed by atoms with van der Waals surface area (Å²) in [7, 11) is 0. The first-order valence-corrected chi connectivity index (χ1v) is 4.89. The molecule has 0 heterocycles. The molecule has 0 atom stereocenters. The van der Waals surface area contributed by atoms with E-state index in [0.29, 0.717) is 22.9 Å². The fraction of sp³-hybridized carbons (Fsp3) is 0.222. The molecule has 14 heavy (non-hydrogen) atoms. The Morgan fingerprint density at radius 1 is 1.36 bits per heavy atom. The van der Waals surface area contributed by atoms with Crippen LogP contribution in [0.25, 0.3) is 0 Å². The SMILES string of the molecule is O=C1CCc2cc(Br)cc([N+](=O)[O-])c21. The normalized spacial score (nSPS) is 14.2. The minimum absolute atomic E-state index is 0.0862. The van der Waals surface area contributed by atoms with E-state index in [1.54, 1.807) is 6.07 Å². The summed E-state index contributed by atoms with van der Waals surface area (Å²) < 4.78 is 0.651. The number of benzene rings is 1. The third-order valence-corrected chi connectivity index (χ3v) is 2.72. The van der Waals surface area contributed by atoms with Crippen molar-refractivity contribution in [1.29, 1.82) is 0 Å². The van der Waals surface area contributed by atoms with Gasteiger partial charge in [0.1, 0.15) is 0 Å². The van der Waals surface area contributed by atoms with Gasteiger partial charge in [0.25, 0.3) is 5.69 Å². The maximum Gasteiger partial charge on any atom is 0.281 e. The molecule has 0 N–H and O–H groups in total. The van der Waals surface area contributed by atoms with Crippen LogP contribution in [0.3, 0.4) is 0 Å². The molecular weight excluding hydrogens is 250 g/mol. The van der Waals surface area contributed by atoms with Gasteiger partial charge in [0.05, 0.1) is 10.5 Å². The second-order valence-corrected chi connectivity index (χ2v) is 4.06. The summed E-state index contributed by atoms with van der Waals surface area (Å²) in [6.07, 6.45) is 0.987. The number of nitro benzene ring substituents is 1. The summed E-state index contributed by atoms with van der Waals surface area (Å²) in [5.41, 5.74) is 0.978. The lowest BCUT2D eigenvalue weighted by molar-refractivity contribution is -0.385. The number of fused-ring (bicyclic) bond motifs is 1. The first kappa shape index (κ1) is 9.33. The zero-order valence-electron chi connectivity index (χ0n) is 7.12. The highest BCUT2D eigenvalue weighted by atomic mass is 79.9. The molecule has 1 aliphatic carbocycles. The van der Waals surface area contributed by atoms with Crippen LogP contribution in [0.1, 0.15) is 22.3 Å². The van der Waals surface area contributed by atoms with E-state index in [0.717, 1.165) is 5.56 Å². The molecule has 0 saturated heterocycles. The lowest BCUT2D eigenvalue weighted by atomic mass is 10.1. The Morgan fingerprint density at radius 2 is 2.07 bits per heavy atom. The van der Waals surface area contributed by atoms with E-state index < -0.39 is 4.92 Å². The highest BCUT2D eigenvalue weighted by Gasteiger charge is 2.29. The molecule has 2 rings (SSSR count). The standard InChI is InChI=1S/C9H6BrNO3/c10-6-3-5-1-2-8(12)9(5)7(4-6)11(13)14/h3-4H,1-2H2. The van der Waals surface area contributed by atoms with Gasteiger partial charge in [-0.05, 0) is 18.1 Å². The Morgan fingerprint density at radius 3 is 2.71 bits per heavy atom. The third-order valence-electron chi connectivity index (χ3n) is 2.26. The van der Waals surface area contributed by atoms with Crippen LogP contribution >= 0.6 is 15.9 Å². The van der Waals surface area contributed by atoms with Gasteiger partial charge in [0.15, 0.2) is 5.78 Å². The van der Waals surface area contributed by atoms with Crippen LogP contribution in [0, 0.1) is 10.1 Å². The van der Waals surface area contributed by atoms with Gasteiger partial charge in [-0.2, -0.15) is 0 Å². The van der Waals surface area contributed by atoms with Gasteiger partial charge in [0, 0.05) is 17.0 Å². The van der Waals surface area contributed by atoms with Crippen molar-refractivity contribution in [2.45, 2.75) is 12.8 Å². The van der Waals surface area contributed by atoms with Gasteiger partial charge in [-0.3, -0.25) is 14.9 Å². The van der Waals surface area contributed by atoms with Crippen LogP contribution in [0.4, 0.5) is 5.69 Å². The smallest absolute Gasteiger partial charge is 0.281 e. The highest BCUT2D eigenvalue weighted by Crippen LogP contribution is 2.33. The number of rotatable bonds is 1. The van der Waals surface area contributed by atoms with Crippen molar-refractivity contribution in [3.8, 4) is 0 Å². The zero-order chi connectivity index (χ0) is 10.3. The second-order valence-electron chi connectivity index (χ2n) is 3.14. The molecule has 0 aromatic heterocycles. The number of halogens is 1. The fourth-order valence-corrected chi connectivity index (χ4v) is 2.18. The van der Waals surface area contributed by atoms with E-state index in [1.807, 2.05) is 0 Å². The molecule has 72 valence electrons. The molecule has 0 unspecified atom stereocenters. The largest absolute Gasteiger partial charge is 0.294 e. The minimum Gasteiger partial charge on any atom is -0.294 e. The van der Waals surface area contributed by atoms with Gasteiger partial charge in [-0.15, -0.1) is 0 Å². The van der Waals surface area contributed by atoms with E-state index in [-0.39, 0.29) is 11.5 Å². The molecular formula is C9H6BrNO3. The number of aryl methyl sites for hydroxylation is 1. The van der Waals surface area contributed by atoms with Gasteiger partial charge in [0.2, 0.25) is 0 Å². The van der Waals surface area contributed by atoms with Gasteiger partial charge >= 0.3 is 0 Å². The predicted octanol–water partition coefficient (Wildman–Crippen LogP) is 2.49. The topological polar surface area (TPSA) is 60.2 Å². The molecule has 0 fully saturated rings. The van der Waals surface area contributed by atoms with Crippen molar-refractivity contribution in [2.24, 2.45) is 0 Å². The van der Waals surface area contributed by atoms with E-state index in [9.17, 15) is 14.9 Å². The number of carbonyl (C=O) groups is 1. The second kappa shape index (κ2) is 3.16. The number of ketones is 1. The molecule has 0 amide bonds. The Bertz CT molecular complexity index is 442. The number of hydrogen-bond acceptors (Lipinski definition) is 3. The average molecular weight is 256 g/mol. The van der Waals surface area contributed by atoms with E-state index in [1.165, 1.54) is 6.07 Å². The first-order chi connectivity index (χ1) is 6.59. The van der Waals surface area contributed by atoms with Crippen molar-refractivity contribution in [2.75, 3.05) is 0 Å². The molecule has 0 saturated carbocycles. The lowest BCUT2D eigenvalue weighted by Crippen LogP contribution is -1.99. The molecule has 0 spiro atoms. The van der Waals surface area contributed by atoms with E-state index in [2.05, 4.69) is 15.9 Å². The quantitative estimate of drug-likeness (QED) is 0.572. The van der Waals surface area contributed by atoms with Crippen LogP contribution in [-0.2, 0) is 6.42 Å². The lowest BCUT2D eigenvalue weighted by Gasteiger charge is -2.00. The summed E-state index contributed by atoms with van der Waals surface area (Å²) in [6.45, 7) is 0. The molecule has 0 bridgehead atoms. The maximum absolute atomic E-state index is 11.4. The van der Waals surface area contributed by atoms with Crippen molar-refractivity contribution in [3.05, 3.63) is 37.8 Å². The van der Waals surface area contributed by atoms with Crippen LogP contribution in [0.15, 0.2) is 16.6 Å². The molecule has 5 heteroatoms. The number of nitrogens with zero attached hydrogens (tertiary/aromatic N) is 1. The van der Waals surface area contributed by atoms with Crippen molar-refractivity contribution in [3.63, 3.8) is 0 Å². The fourth-order valence-electron chi connectivity index (χ4n) is 1.68. The number of hydrogen-bond donors (Lipinski definition) is 0. The first-order valence-electron chi connectivity index (χ1n) is 4.09. The molecule has 1 aliphatic rings. The van der Waals surface area contributed by atoms with Crippen LogP contribution in [0.5, 0.6) is 0 Å². The Hall–Kier alpha value is -1.23. The summed E-state index contributed by atoms with van der Waals surface area (Å²) in [5, 5.41) is 10.7. The van der Waals surface area contributed by atoms with E-state index in [4.69, 9.17) is 0 Å². The Labute approximate surface area is 88.2 Å². The molecule has 0 radical (unpaired) electrons. The number of nitro groups is 1. The predicted molar refractivity (Wildman–Crippen MR) is 53.4 cm³/mol. The van der Waals surface area contributed by atoms with Crippen LogP contribution in [0.2, 0.25) is 0 Å². The average Bonchev–Trinajstić information content (AvgIpc) is 2.46. The van der Waals surface area contributed by atoms with E-state index >= 15 is 0 Å². The number of Topliss-reactive ketones (excluding diaryl/α,β-unsaturated/α-hetero) is 1. The van der Waals surface area contributed by atoms with Gasteiger partial charge in [-0.1, -0.05) is 15.9 Å². The summed E-state index contributed by atoms with van der Waals surface area (Å²) in [4.78, 5) is 21.6. The zero-order valence-corrected chi connectivity index (χ0v) is 8.70. The third kappa shape index (κ3) is 1.33. The molecule has 0 aliphatic heterocycles. The van der Waals surface area contributed by atoms with Gasteiger partial charge < -0.3 is 0 Å². The van der Waals surface area contributed by atoms with Crippen molar-refractivity contribution >= 4 is 27.4 Å². The summed E-state index contributed by atoms with van der Waals surface area (Å²) in [5.74, 6) is -0.126. The minimum atomic E-state index is -0.507. The van der Waals surface area contributed by atoms with Crippen molar-refractivity contribution in [1.82, 2.24) is 0 Å². The van der Waals surface area contributed by atoms with Crippen LogP contribution in [-0.4, -0.2) is 10.7 Å². The monoisotopic (exact) mass is 255 g/mol. The van der Waals surface area contributed by atoms with Crippen molar-refractivity contribution < 1.29 is 9.72 Å². The summed E-state index contributed by atoms with van der Waals surface area (Å²) in [6, 6.07) is 3.15. The van der Waals surface area contributed by atoms with Crippen LogP contribution < -0.4 is 0 Å².